The van der Waals surface area contributed by atoms with Crippen molar-refractivity contribution in [2.24, 2.45) is 17.4 Å². The second kappa shape index (κ2) is 35.7. The number of unbranched alkanes of at least 4 members (excludes halogenated alkanes) is 1. The van der Waals surface area contributed by atoms with Crippen molar-refractivity contribution < 1.29 is 78.0 Å². The maximum atomic E-state index is 14.9. The molecule has 2 unspecified atom stereocenters. The number of aliphatic carboxylic acids is 2. The van der Waals surface area contributed by atoms with E-state index in [1.165, 1.54) is 33.3 Å². The van der Waals surface area contributed by atoms with Gasteiger partial charge in [-0.15, -0.1) is 0 Å². The van der Waals surface area contributed by atoms with Crippen LogP contribution in [0.25, 0.3) is 10.9 Å². The summed E-state index contributed by atoms with van der Waals surface area (Å²) in [4.78, 5) is 170. The fraction of sp³-hybridized carbons (Fsp3) is 0.567. The van der Waals surface area contributed by atoms with Gasteiger partial charge in [0.15, 0.2) is 0 Å². The third-order valence-corrected chi connectivity index (χ3v) is 18.1. The van der Waals surface area contributed by atoms with Gasteiger partial charge in [0.05, 0.1) is 19.8 Å². The number of carboxylic acid groups (broad SMARTS) is 2. The number of para-hydroxylation sites is 1. The maximum Gasteiger partial charge on any atom is 0.326 e. The van der Waals surface area contributed by atoms with Gasteiger partial charge in [-0.25, -0.2) is 4.79 Å². The van der Waals surface area contributed by atoms with Gasteiger partial charge in [0.25, 0.3) is 0 Å². The number of benzene rings is 2. The van der Waals surface area contributed by atoms with Gasteiger partial charge in [-0.1, -0.05) is 56.3 Å². The number of carboxylic acids is 2. The summed E-state index contributed by atoms with van der Waals surface area (Å²) in [6, 6.07) is 1.12. The van der Waals surface area contributed by atoms with Crippen LogP contribution in [0.1, 0.15) is 94.7 Å². The van der Waals surface area contributed by atoms with Gasteiger partial charge in [0.2, 0.25) is 59.1 Å². The number of thioether (sulfide) groups is 2. The van der Waals surface area contributed by atoms with E-state index in [0.717, 1.165) is 22.0 Å². The first-order valence-corrected chi connectivity index (χ1v) is 32.7. The topological polar surface area (TPSA) is 456 Å². The molecule has 2 saturated heterocycles. The van der Waals surface area contributed by atoms with Crippen LogP contribution in [-0.4, -0.2) is 218 Å². The van der Waals surface area contributed by atoms with Gasteiger partial charge in [-0.3, -0.25) is 52.7 Å². The Bertz CT molecular complexity index is 3060. The molecule has 0 spiro atoms. The predicted molar refractivity (Wildman–Crippen MR) is 336 cm³/mol. The second-order valence-electron chi connectivity index (χ2n) is 23.0. The Balaban J connectivity index is 1.24. The van der Waals surface area contributed by atoms with E-state index in [4.69, 9.17) is 11.5 Å². The fourth-order valence-electron chi connectivity index (χ4n) is 10.8. The quantitative estimate of drug-likeness (QED) is 0.0335. The highest BCUT2D eigenvalue weighted by molar-refractivity contribution is 7.98. The number of aliphatic hydroxyl groups is 2. The van der Waals surface area contributed by atoms with E-state index in [1.54, 1.807) is 20.0 Å². The average Bonchev–Trinajstić information content (AvgIpc) is 2.08. The smallest absolute Gasteiger partial charge is 0.326 e. The zero-order valence-electron chi connectivity index (χ0n) is 50.9. The third kappa shape index (κ3) is 21.1. The summed E-state index contributed by atoms with van der Waals surface area (Å²) in [6.45, 7) is 1.41. The van der Waals surface area contributed by atoms with Crippen molar-refractivity contribution in [2.45, 2.75) is 156 Å². The summed E-state index contributed by atoms with van der Waals surface area (Å²) in [5.41, 5.74) is 14.7. The largest absolute Gasteiger partial charge is 0.481 e. The Labute approximate surface area is 534 Å². The molecule has 4 aliphatic heterocycles. The number of likely N-dealkylation sites (tertiary alicyclic amines) is 2. The molecule has 5 heterocycles. The number of carbonyl (C=O) groups is 12. The van der Waals surface area contributed by atoms with Crippen LogP contribution in [0.5, 0.6) is 0 Å². The lowest BCUT2D eigenvalue weighted by atomic mass is 10.0. The molecule has 91 heavy (non-hydrogen) atoms. The molecule has 0 radical (unpaired) electrons. The molecular weight excluding hydrogens is 1220 g/mol. The lowest BCUT2D eigenvalue weighted by Gasteiger charge is -2.31. The van der Waals surface area contributed by atoms with Crippen molar-refractivity contribution in [1.82, 2.24) is 57.3 Å². The first-order valence-electron chi connectivity index (χ1n) is 30.4. The molecule has 31 heteroatoms. The lowest BCUT2D eigenvalue weighted by molar-refractivity contribution is -0.148. The second-order valence-corrected chi connectivity index (χ2v) is 25.1. The molecule has 17 N–H and O–H groups in total. The van der Waals surface area contributed by atoms with Gasteiger partial charge in [0.1, 0.15) is 60.4 Å². The Morgan fingerprint density at radius 3 is 2.00 bits per heavy atom. The normalized spacial score (nSPS) is 22.4. The van der Waals surface area contributed by atoms with E-state index in [2.05, 4.69) is 47.5 Å². The van der Waals surface area contributed by atoms with Crippen LogP contribution in [0.3, 0.4) is 0 Å². The van der Waals surface area contributed by atoms with Crippen molar-refractivity contribution >= 4 is 105 Å². The Hall–Kier alpha value is -7.84. The van der Waals surface area contributed by atoms with E-state index in [9.17, 15) is 78.0 Å². The Morgan fingerprint density at radius 2 is 1.35 bits per heavy atom. The SMILES string of the molecule is CC(C)[C@@H]1NC(=O)[C@H](CO)NC(=O)[C@H](CCCC(=O)O)NC(=O)[C@@H](NC(=O)C(N)CO)CSCc2ccc(cc2)CSC[C@@H](C(=O)N[C@@H](CCCCN)C(=O)N2CCC[C@H]2C(=O)N[C@@H](Cc2c[nH]c3ccccc23)C(=O)NCC(=O)N2CCCC2C(=O)O)NC1=O. The monoisotopic (exact) mass is 1310 g/mol. The third-order valence-electron chi connectivity index (χ3n) is 15.9. The van der Waals surface area contributed by atoms with Crippen LogP contribution >= 0.6 is 23.5 Å². The van der Waals surface area contributed by atoms with Crippen LogP contribution < -0.4 is 54.0 Å². The van der Waals surface area contributed by atoms with Gasteiger partial charge < -0.3 is 89.2 Å². The summed E-state index contributed by atoms with van der Waals surface area (Å²) in [6.07, 6.45) is 2.97. The number of rotatable bonds is 24. The number of fused-ring (bicyclic) bond motifs is 21. The van der Waals surface area contributed by atoms with E-state index >= 15 is 0 Å². The number of nitrogens with zero attached hydrogens (tertiary/aromatic N) is 2. The van der Waals surface area contributed by atoms with Gasteiger partial charge in [-0.05, 0) is 93.0 Å². The summed E-state index contributed by atoms with van der Waals surface area (Å²) in [5.74, 6) is -10.7. The summed E-state index contributed by atoms with van der Waals surface area (Å²) < 4.78 is 0. The minimum Gasteiger partial charge on any atom is -0.481 e. The van der Waals surface area contributed by atoms with E-state index in [-0.39, 0.29) is 69.7 Å². The highest BCUT2D eigenvalue weighted by atomic mass is 32.2. The summed E-state index contributed by atoms with van der Waals surface area (Å²) in [7, 11) is 0. The summed E-state index contributed by atoms with van der Waals surface area (Å²) in [5, 5.41) is 60.8. The van der Waals surface area contributed by atoms with Crippen LogP contribution in [0, 0.1) is 5.92 Å². The van der Waals surface area contributed by atoms with E-state index in [1.807, 2.05) is 48.5 Å². The number of H-pyrrole nitrogens is 1. The molecule has 2 aromatic carbocycles. The number of nitrogens with two attached hydrogens (primary N) is 2. The minimum atomic E-state index is -1.75. The molecule has 0 aliphatic carbocycles. The molecule has 7 rings (SSSR count). The zero-order valence-corrected chi connectivity index (χ0v) is 52.6. The molecule has 4 aliphatic rings. The van der Waals surface area contributed by atoms with Crippen molar-refractivity contribution in [3.63, 3.8) is 0 Å². The standard InChI is InChI=1S/C60H85N13O16S2/c1-33(2)50-58(86)70-45(32-91-30-35-19-17-34(18-20-35)29-90-31-44(69-51(79)38(62)27-74)55(83)65-40(13-7-16-49(77)78)53(81)68-43(28-75)54(82)71-50)56(84)66-41(12-5-6-21-61)59(87)73-23-8-14-46(73)57(85)67-42(24-36-25-63-39-11-4-3-10-37(36)39)52(80)64-26-48(76)72-22-9-15-47(72)60(88)89/h3-4,10-11,17-20,25,33,38,40-47,50,63,74-75H,5-9,12-16,21-24,26-32,61-62H2,1-2H3,(H,64,80)(H,65,83)(H,66,84)(H,67,85)(H,68,81)(H,69,79)(H,70,86)(H,71,82)(H,77,78)(H,88,89)/t38?,40-,41-,42-,43-,44-,45-,46-,47?,50-/m0/s1. The predicted octanol–water partition coefficient (Wildman–Crippen LogP) is -2.18. The van der Waals surface area contributed by atoms with Crippen LogP contribution in [0.2, 0.25) is 0 Å². The summed E-state index contributed by atoms with van der Waals surface area (Å²) >= 11 is 2.49. The molecule has 2 bridgehead atoms. The Kier molecular flexibility index (Phi) is 28.3. The molecular formula is C60H85N13O16S2. The minimum absolute atomic E-state index is 0.0440. The van der Waals surface area contributed by atoms with Crippen LogP contribution in [0.15, 0.2) is 54.7 Å². The number of carbonyl (C=O) groups excluding carboxylic acids is 10. The van der Waals surface area contributed by atoms with Crippen molar-refractivity contribution in [3.8, 4) is 0 Å². The number of hydrogen-bond acceptors (Lipinski definition) is 18. The molecule has 10 amide bonds. The van der Waals surface area contributed by atoms with E-state index < -0.39 is 164 Å². The van der Waals surface area contributed by atoms with Crippen molar-refractivity contribution in [3.05, 3.63) is 71.4 Å². The number of amides is 10. The fourth-order valence-corrected chi connectivity index (χ4v) is 12.8. The molecule has 0 saturated carbocycles. The Morgan fingerprint density at radius 1 is 0.714 bits per heavy atom. The zero-order chi connectivity index (χ0) is 66.3. The number of aromatic amines is 1. The number of aromatic nitrogens is 1. The number of hydrogen-bond donors (Lipinski definition) is 15. The van der Waals surface area contributed by atoms with Crippen LogP contribution in [0.4, 0.5) is 0 Å². The highest BCUT2D eigenvalue weighted by Gasteiger charge is 2.41. The lowest BCUT2D eigenvalue weighted by Crippen LogP contribution is -2.62. The van der Waals surface area contributed by atoms with Gasteiger partial charge >= 0.3 is 11.9 Å². The number of nitrogens with one attached hydrogen (secondary N) is 9. The average molecular weight is 1310 g/mol. The first kappa shape index (κ1) is 72.2. The molecule has 2 fully saturated rings. The van der Waals surface area contributed by atoms with Crippen molar-refractivity contribution in [2.75, 3.05) is 50.9 Å². The molecule has 3 aromatic rings. The van der Waals surface area contributed by atoms with E-state index in [0.29, 0.717) is 42.8 Å². The van der Waals surface area contributed by atoms with Crippen molar-refractivity contribution in [1.29, 1.82) is 0 Å². The molecule has 29 nitrogen and oxygen atoms in total. The van der Waals surface area contributed by atoms with Gasteiger partial charge in [0, 0.05) is 66.0 Å². The van der Waals surface area contributed by atoms with Gasteiger partial charge in [-0.2, -0.15) is 23.5 Å². The number of aliphatic hydroxyl groups excluding tert-OH is 2. The van der Waals surface area contributed by atoms with Crippen LogP contribution in [-0.2, 0) is 75.5 Å². The first-order chi connectivity index (χ1) is 43.5. The highest BCUT2D eigenvalue weighted by Crippen LogP contribution is 2.25. The molecule has 10 atom stereocenters. The molecule has 498 valence electrons. The maximum absolute atomic E-state index is 14.9. The molecule has 1 aromatic heterocycles.